The van der Waals surface area contributed by atoms with Gasteiger partial charge in [-0.3, -0.25) is 4.79 Å². The third-order valence-corrected chi connectivity index (χ3v) is 5.03. The van der Waals surface area contributed by atoms with Crippen molar-refractivity contribution in [1.29, 1.82) is 0 Å². The molecule has 4 rings (SSSR count). The van der Waals surface area contributed by atoms with Gasteiger partial charge >= 0.3 is 0 Å². The average Bonchev–Trinajstić information content (AvgIpc) is 2.84. The normalized spacial score (nSPS) is 33.4. The molecule has 1 amide bonds. The highest BCUT2D eigenvalue weighted by Gasteiger charge is 2.53. The molecule has 2 aliphatic heterocycles. The van der Waals surface area contributed by atoms with E-state index < -0.39 is 0 Å². The molecule has 3 nitrogen and oxygen atoms in total. The number of carbonyl (C=O) groups excluding carboxylic acids is 1. The van der Waals surface area contributed by atoms with Crippen LogP contribution in [0.4, 0.5) is 5.69 Å². The fourth-order valence-electron chi connectivity index (χ4n) is 3.50. The second-order valence-corrected chi connectivity index (χ2v) is 6.20. The molecule has 0 bridgehead atoms. The molecule has 2 heterocycles. The third kappa shape index (κ3) is 1.25. The van der Waals surface area contributed by atoms with E-state index in [1.54, 1.807) is 0 Å². The number of amides is 1. The quantitative estimate of drug-likeness (QED) is 0.679. The molecule has 88 valence electrons. The molecule has 0 aromatic heterocycles. The lowest BCUT2D eigenvalue weighted by molar-refractivity contribution is -0.117. The predicted octanol–water partition coefficient (Wildman–Crippen LogP) is 2.57. The summed E-state index contributed by atoms with van der Waals surface area (Å²) < 4.78 is 7.18. The second-order valence-electron chi connectivity index (χ2n) is 5.04. The highest BCUT2D eigenvalue weighted by atomic mass is 127. The first-order valence-corrected chi connectivity index (χ1v) is 7.11. The summed E-state index contributed by atoms with van der Waals surface area (Å²) in [5.41, 5.74) is 1.00. The summed E-state index contributed by atoms with van der Waals surface area (Å²) in [6.07, 6.45) is 3.14. The minimum absolute atomic E-state index is 0.220. The lowest BCUT2D eigenvalue weighted by Crippen LogP contribution is -2.47. The van der Waals surface area contributed by atoms with Crippen molar-refractivity contribution in [3.63, 3.8) is 0 Å². The van der Waals surface area contributed by atoms with Crippen LogP contribution in [0.5, 0.6) is 5.75 Å². The Morgan fingerprint density at radius 1 is 1.35 bits per heavy atom. The summed E-state index contributed by atoms with van der Waals surface area (Å²) >= 11 is 2.29. The topological polar surface area (TPSA) is 29.5 Å². The van der Waals surface area contributed by atoms with E-state index in [-0.39, 0.29) is 12.0 Å². The van der Waals surface area contributed by atoms with Gasteiger partial charge in [0.25, 0.3) is 0 Å². The maximum Gasteiger partial charge on any atom is 0.227 e. The zero-order valence-electron chi connectivity index (χ0n) is 9.23. The molecule has 1 aromatic carbocycles. The molecule has 1 aromatic rings. The number of hydrogen-bond acceptors (Lipinski definition) is 2. The molecule has 0 spiro atoms. The van der Waals surface area contributed by atoms with E-state index in [1.807, 2.05) is 23.1 Å². The van der Waals surface area contributed by atoms with E-state index in [0.29, 0.717) is 18.4 Å². The van der Waals surface area contributed by atoms with Crippen LogP contribution in [0.1, 0.15) is 19.3 Å². The van der Waals surface area contributed by atoms with Crippen LogP contribution in [0.3, 0.4) is 0 Å². The van der Waals surface area contributed by atoms with Crippen molar-refractivity contribution < 1.29 is 9.53 Å². The summed E-state index contributed by atoms with van der Waals surface area (Å²) in [5, 5.41) is 0. The van der Waals surface area contributed by atoms with Crippen molar-refractivity contribution in [2.75, 3.05) is 4.90 Å². The Labute approximate surface area is 113 Å². The van der Waals surface area contributed by atoms with Crippen LogP contribution in [0.2, 0.25) is 0 Å². The zero-order chi connectivity index (χ0) is 11.6. The summed E-state index contributed by atoms with van der Waals surface area (Å²) in [4.78, 5) is 14.2. The van der Waals surface area contributed by atoms with Crippen LogP contribution in [0, 0.1) is 9.49 Å². The first kappa shape index (κ1) is 10.2. The minimum atomic E-state index is 0.220. The average molecular weight is 341 g/mol. The monoisotopic (exact) mass is 341 g/mol. The molecule has 1 aliphatic carbocycles. The van der Waals surface area contributed by atoms with Gasteiger partial charge in [-0.2, -0.15) is 0 Å². The smallest absolute Gasteiger partial charge is 0.227 e. The standard InChI is InChI=1S/C13H12INO2/c14-8-2-1-3-9-13(8)15-11(16)6-7-4-5-10(17-9)12(7)15/h1-3,7,10,12H,4-6H2/t7-,10-,12+/m1/s1. The number of halogens is 1. The number of benzene rings is 1. The van der Waals surface area contributed by atoms with Crippen molar-refractivity contribution >= 4 is 34.2 Å². The Morgan fingerprint density at radius 3 is 3.12 bits per heavy atom. The Morgan fingerprint density at radius 2 is 2.24 bits per heavy atom. The Bertz CT molecular complexity index is 516. The number of rotatable bonds is 0. The van der Waals surface area contributed by atoms with Crippen LogP contribution in [0.25, 0.3) is 0 Å². The molecule has 0 radical (unpaired) electrons. The third-order valence-electron chi connectivity index (χ3n) is 4.16. The molecular weight excluding hydrogens is 329 g/mol. The van der Waals surface area contributed by atoms with Gasteiger partial charge in [-0.05, 0) is 53.5 Å². The van der Waals surface area contributed by atoms with Crippen LogP contribution < -0.4 is 9.64 Å². The lowest BCUT2D eigenvalue weighted by atomic mass is 10.0. The number of carbonyl (C=O) groups is 1. The fourth-order valence-corrected chi connectivity index (χ4v) is 4.24. The molecule has 2 fully saturated rings. The van der Waals surface area contributed by atoms with Crippen LogP contribution >= 0.6 is 22.6 Å². The van der Waals surface area contributed by atoms with Gasteiger partial charge < -0.3 is 9.64 Å². The Kier molecular flexibility index (Phi) is 2.02. The second kappa shape index (κ2) is 3.37. The number of para-hydroxylation sites is 1. The van der Waals surface area contributed by atoms with Crippen molar-refractivity contribution in [2.45, 2.75) is 31.4 Å². The number of hydrogen-bond donors (Lipinski definition) is 0. The minimum Gasteiger partial charge on any atom is -0.486 e. The van der Waals surface area contributed by atoms with Crippen molar-refractivity contribution in [3.05, 3.63) is 21.8 Å². The van der Waals surface area contributed by atoms with Crippen molar-refractivity contribution in [3.8, 4) is 5.75 Å². The first-order valence-electron chi connectivity index (χ1n) is 6.03. The highest BCUT2D eigenvalue weighted by molar-refractivity contribution is 14.1. The van der Waals surface area contributed by atoms with E-state index >= 15 is 0 Å². The highest BCUT2D eigenvalue weighted by Crippen LogP contribution is 2.50. The lowest BCUT2D eigenvalue weighted by Gasteiger charge is -2.37. The Hall–Kier alpha value is -0.780. The maximum absolute atomic E-state index is 12.2. The van der Waals surface area contributed by atoms with Gasteiger partial charge in [0.1, 0.15) is 11.9 Å². The van der Waals surface area contributed by atoms with Crippen LogP contribution in [-0.2, 0) is 4.79 Å². The molecule has 3 aliphatic rings. The van der Waals surface area contributed by atoms with Gasteiger partial charge in [-0.25, -0.2) is 0 Å². The molecule has 4 heteroatoms. The molecule has 0 N–H and O–H groups in total. The van der Waals surface area contributed by atoms with Gasteiger partial charge in [0, 0.05) is 9.99 Å². The summed E-state index contributed by atoms with van der Waals surface area (Å²) in [7, 11) is 0. The molecule has 17 heavy (non-hydrogen) atoms. The van der Waals surface area contributed by atoms with Gasteiger partial charge in [0.15, 0.2) is 0 Å². The molecule has 0 unspecified atom stereocenters. The molecule has 1 saturated heterocycles. The first-order chi connectivity index (χ1) is 8.25. The van der Waals surface area contributed by atoms with E-state index in [4.69, 9.17) is 4.74 Å². The number of anilines is 1. The zero-order valence-corrected chi connectivity index (χ0v) is 11.4. The summed E-state index contributed by atoms with van der Waals surface area (Å²) in [6, 6.07) is 6.31. The number of ether oxygens (including phenoxy) is 1. The van der Waals surface area contributed by atoms with Crippen LogP contribution in [0.15, 0.2) is 18.2 Å². The van der Waals surface area contributed by atoms with E-state index in [1.165, 1.54) is 0 Å². The SMILES string of the molecule is O=C1C[C@H]2CC[C@H]3Oc4cccc(I)c4N1[C@@H]23. The van der Waals surface area contributed by atoms with Crippen molar-refractivity contribution in [1.82, 2.24) is 0 Å². The number of nitrogens with zero attached hydrogens (tertiary/aromatic N) is 1. The fraction of sp³-hybridized carbons (Fsp3) is 0.462. The molecule has 3 atom stereocenters. The Balaban J connectivity index is 1.93. The summed E-state index contributed by atoms with van der Waals surface area (Å²) in [5.74, 6) is 1.67. The van der Waals surface area contributed by atoms with Gasteiger partial charge in [0.05, 0.1) is 11.7 Å². The summed E-state index contributed by atoms with van der Waals surface area (Å²) in [6.45, 7) is 0. The van der Waals surface area contributed by atoms with E-state index in [0.717, 1.165) is 27.8 Å². The molecule has 1 saturated carbocycles. The molecular formula is C13H12INO2. The number of fused-ring (bicyclic) bond motifs is 2. The predicted molar refractivity (Wildman–Crippen MR) is 72.2 cm³/mol. The van der Waals surface area contributed by atoms with Gasteiger partial charge in [-0.1, -0.05) is 6.07 Å². The van der Waals surface area contributed by atoms with Gasteiger partial charge in [0.2, 0.25) is 5.91 Å². The largest absolute Gasteiger partial charge is 0.486 e. The van der Waals surface area contributed by atoms with Crippen LogP contribution in [-0.4, -0.2) is 18.1 Å². The van der Waals surface area contributed by atoms with Gasteiger partial charge in [-0.15, -0.1) is 0 Å². The van der Waals surface area contributed by atoms with E-state index in [9.17, 15) is 4.79 Å². The maximum atomic E-state index is 12.2. The van der Waals surface area contributed by atoms with Crippen molar-refractivity contribution in [2.24, 2.45) is 5.92 Å². The van der Waals surface area contributed by atoms with E-state index in [2.05, 4.69) is 22.6 Å².